The number of carbonyl (C=O) groups is 2. The van der Waals surface area contributed by atoms with Crippen molar-refractivity contribution in [3.05, 3.63) is 35.4 Å². The van der Waals surface area contributed by atoms with Crippen molar-refractivity contribution in [3.63, 3.8) is 0 Å². The van der Waals surface area contributed by atoms with Crippen LogP contribution in [0.3, 0.4) is 0 Å². The smallest absolute Gasteiger partial charge is 0.271 e. The molecule has 0 aliphatic carbocycles. The van der Waals surface area contributed by atoms with Gasteiger partial charge in [0.25, 0.3) is 11.8 Å². The van der Waals surface area contributed by atoms with Gasteiger partial charge in [-0.25, -0.2) is 8.78 Å². The van der Waals surface area contributed by atoms with Gasteiger partial charge in [-0.1, -0.05) is 18.2 Å². The number of carbonyl (C=O) groups excluding carboxylic acids is 2. The standard InChI is InChI=1S/C17H21F2N3O2/c18-17(19)11-20-7-5-14(17)15(23)21-8-10-22-9-6-12-3-1-2-4-13(12)16(22)24/h1-4,14,20H,5-11H2,(H,21,23). The van der Waals surface area contributed by atoms with Crippen LogP contribution in [0, 0.1) is 5.92 Å². The Balaban J connectivity index is 1.52. The molecule has 1 aromatic carbocycles. The fourth-order valence-corrected chi connectivity index (χ4v) is 3.28. The molecule has 7 heteroatoms. The van der Waals surface area contributed by atoms with E-state index in [1.54, 1.807) is 11.0 Å². The molecular formula is C17H21F2N3O2. The predicted octanol–water partition coefficient (Wildman–Crippen LogP) is 1.05. The number of hydrogen-bond donors (Lipinski definition) is 2. The zero-order valence-corrected chi connectivity index (χ0v) is 13.4. The molecule has 0 spiro atoms. The Hall–Kier alpha value is -2.02. The highest BCUT2D eigenvalue weighted by Crippen LogP contribution is 2.29. The van der Waals surface area contributed by atoms with E-state index in [1.807, 2.05) is 18.2 Å². The molecule has 3 rings (SSSR count). The molecule has 0 bridgehead atoms. The maximum Gasteiger partial charge on any atom is 0.271 e. The average Bonchev–Trinajstić information content (AvgIpc) is 2.56. The van der Waals surface area contributed by atoms with Crippen LogP contribution in [0.15, 0.2) is 24.3 Å². The van der Waals surface area contributed by atoms with Crippen molar-refractivity contribution < 1.29 is 18.4 Å². The molecule has 2 N–H and O–H groups in total. The second-order valence-corrected chi connectivity index (χ2v) is 6.27. The van der Waals surface area contributed by atoms with Gasteiger partial charge in [0.1, 0.15) is 5.92 Å². The Morgan fingerprint density at radius 2 is 2.17 bits per heavy atom. The van der Waals surface area contributed by atoms with E-state index in [0.29, 0.717) is 25.2 Å². The topological polar surface area (TPSA) is 61.4 Å². The van der Waals surface area contributed by atoms with E-state index in [9.17, 15) is 18.4 Å². The van der Waals surface area contributed by atoms with Crippen molar-refractivity contribution in [1.29, 1.82) is 0 Å². The third kappa shape index (κ3) is 3.40. The Morgan fingerprint density at radius 3 is 2.96 bits per heavy atom. The van der Waals surface area contributed by atoms with Crippen molar-refractivity contribution in [1.82, 2.24) is 15.5 Å². The van der Waals surface area contributed by atoms with E-state index in [2.05, 4.69) is 10.6 Å². The predicted molar refractivity (Wildman–Crippen MR) is 85.0 cm³/mol. The SMILES string of the molecule is O=C(NCCN1CCc2ccccc2C1=O)C1CCNCC1(F)F. The molecule has 1 atom stereocenters. The molecule has 2 aliphatic rings. The number of hydrogen-bond acceptors (Lipinski definition) is 3. The first-order valence-electron chi connectivity index (χ1n) is 8.22. The summed E-state index contributed by atoms with van der Waals surface area (Å²) in [5.74, 6) is -5.02. The van der Waals surface area contributed by atoms with Crippen molar-refractivity contribution in [2.24, 2.45) is 5.92 Å². The highest BCUT2D eigenvalue weighted by atomic mass is 19.3. The van der Waals surface area contributed by atoms with E-state index in [4.69, 9.17) is 0 Å². The molecule has 24 heavy (non-hydrogen) atoms. The van der Waals surface area contributed by atoms with Gasteiger partial charge >= 0.3 is 0 Å². The van der Waals surface area contributed by atoms with Crippen LogP contribution < -0.4 is 10.6 Å². The Morgan fingerprint density at radius 1 is 1.38 bits per heavy atom. The van der Waals surface area contributed by atoms with E-state index in [-0.39, 0.29) is 18.9 Å². The molecule has 0 radical (unpaired) electrons. The van der Waals surface area contributed by atoms with Gasteiger partial charge in [0, 0.05) is 25.2 Å². The zero-order chi connectivity index (χ0) is 17.2. The number of rotatable bonds is 4. The molecule has 0 saturated carbocycles. The highest BCUT2D eigenvalue weighted by molar-refractivity contribution is 5.96. The van der Waals surface area contributed by atoms with Crippen LogP contribution in [0.1, 0.15) is 22.3 Å². The molecule has 0 aromatic heterocycles. The quantitative estimate of drug-likeness (QED) is 0.863. The highest BCUT2D eigenvalue weighted by Gasteiger charge is 2.45. The summed E-state index contributed by atoms with van der Waals surface area (Å²) in [6.07, 6.45) is 0.886. The maximum absolute atomic E-state index is 13.7. The lowest BCUT2D eigenvalue weighted by atomic mass is 9.93. The van der Waals surface area contributed by atoms with Crippen LogP contribution in [0.5, 0.6) is 0 Å². The molecule has 2 aliphatic heterocycles. The number of nitrogens with zero attached hydrogens (tertiary/aromatic N) is 1. The summed E-state index contributed by atoms with van der Waals surface area (Å²) in [7, 11) is 0. The minimum Gasteiger partial charge on any atom is -0.354 e. The molecule has 1 unspecified atom stereocenters. The van der Waals surface area contributed by atoms with Gasteiger partial charge in [0.2, 0.25) is 5.91 Å². The molecule has 5 nitrogen and oxygen atoms in total. The van der Waals surface area contributed by atoms with E-state index in [0.717, 1.165) is 12.0 Å². The van der Waals surface area contributed by atoms with Gasteiger partial charge in [0.15, 0.2) is 0 Å². The largest absolute Gasteiger partial charge is 0.354 e. The number of benzene rings is 1. The van der Waals surface area contributed by atoms with Gasteiger partial charge < -0.3 is 15.5 Å². The van der Waals surface area contributed by atoms with E-state index >= 15 is 0 Å². The molecular weight excluding hydrogens is 316 g/mol. The number of piperidine rings is 1. The van der Waals surface area contributed by atoms with Crippen molar-refractivity contribution in [2.75, 3.05) is 32.7 Å². The van der Waals surface area contributed by atoms with Crippen molar-refractivity contribution in [3.8, 4) is 0 Å². The fraction of sp³-hybridized carbons (Fsp3) is 0.529. The van der Waals surface area contributed by atoms with Crippen LogP contribution in [0.2, 0.25) is 0 Å². The lowest BCUT2D eigenvalue weighted by molar-refractivity contribution is -0.142. The monoisotopic (exact) mass is 337 g/mol. The van der Waals surface area contributed by atoms with Gasteiger partial charge in [0.05, 0.1) is 6.54 Å². The van der Waals surface area contributed by atoms with Gasteiger partial charge in [-0.15, -0.1) is 0 Å². The summed E-state index contributed by atoms with van der Waals surface area (Å²) in [6, 6.07) is 7.45. The van der Waals surface area contributed by atoms with Crippen LogP contribution >= 0.6 is 0 Å². The van der Waals surface area contributed by atoms with E-state index < -0.39 is 24.3 Å². The number of halogens is 2. The van der Waals surface area contributed by atoms with Crippen LogP contribution in [-0.2, 0) is 11.2 Å². The normalized spacial score (nSPS) is 22.8. The number of nitrogens with one attached hydrogen (secondary N) is 2. The molecule has 1 saturated heterocycles. The minimum atomic E-state index is -3.03. The lowest BCUT2D eigenvalue weighted by Crippen LogP contribution is -2.53. The molecule has 2 heterocycles. The summed E-state index contributed by atoms with van der Waals surface area (Å²) in [6.45, 7) is 1.04. The van der Waals surface area contributed by atoms with Gasteiger partial charge in [-0.3, -0.25) is 9.59 Å². The Bertz CT molecular complexity index is 636. The molecule has 1 fully saturated rings. The number of fused-ring (bicyclic) bond motifs is 1. The zero-order valence-electron chi connectivity index (χ0n) is 13.4. The van der Waals surface area contributed by atoms with E-state index in [1.165, 1.54) is 0 Å². The third-order valence-corrected chi connectivity index (χ3v) is 4.66. The second kappa shape index (κ2) is 6.84. The first-order chi connectivity index (χ1) is 11.5. The number of alkyl halides is 2. The lowest BCUT2D eigenvalue weighted by Gasteiger charge is -2.31. The molecule has 2 amide bonds. The molecule has 130 valence electrons. The summed E-state index contributed by atoms with van der Waals surface area (Å²) in [4.78, 5) is 26.1. The molecule has 1 aromatic rings. The van der Waals surface area contributed by atoms with Gasteiger partial charge in [-0.05, 0) is 31.0 Å². The minimum absolute atomic E-state index is 0.0710. The fourth-order valence-electron chi connectivity index (χ4n) is 3.28. The second-order valence-electron chi connectivity index (χ2n) is 6.27. The summed E-state index contributed by atoms with van der Waals surface area (Å²) in [5, 5.41) is 5.16. The summed E-state index contributed by atoms with van der Waals surface area (Å²) < 4.78 is 27.5. The summed E-state index contributed by atoms with van der Waals surface area (Å²) in [5.41, 5.74) is 1.71. The summed E-state index contributed by atoms with van der Waals surface area (Å²) >= 11 is 0. The van der Waals surface area contributed by atoms with Crippen molar-refractivity contribution >= 4 is 11.8 Å². The van der Waals surface area contributed by atoms with Crippen molar-refractivity contribution in [2.45, 2.75) is 18.8 Å². The number of amides is 2. The first kappa shape index (κ1) is 16.8. The van der Waals surface area contributed by atoms with Gasteiger partial charge in [-0.2, -0.15) is 0 Å². The Labute approximate surface area is 139 Å². The average molecular weight is 337 g/mol. The first-order valence-corrected chi connectivity index (χ1v) is 8.22. The maximum atomic E-state index is 13.7. The van der Waals surface area contributed by atoms with Crippen LogP contribution in [0.25, 0.3) is 0 Å². The van der Waals surface area contributed by atoms with Crippen LogP contribution in [-0.4, -0.2) is 55.4 Å². The third-order valence-electron chi connectivity index (χ3n) is 4.66. The Kier molecular flexibility index (Phi) is 4.80. The van der Waals surface area contributed by atoms with Crippen LogP contribution in [0.4, 0.5) is 8.78 Å².